The molecule has 2 amide bonds. The molecule has 1 unspecified atom stereocenters. The van der Waals surface area contributed by atoms with Crippen LogP contribution in [-0.2, 0) is 26.2 Å². The molecular formula is C29H35N3O4S. The Balaban J connectivity index is 1.55. The van der Waals surface area contributed by atoms with Gasteiger partial charge in [-0.05, 0) is 60.7 Å². The predicted octanol–water partition coefficient (Wildman–Crippen LogP) is 4.24. The first kappa shape index (κ1) is 26.8. The Labute approximate surface area is 219 Å². The number of amides is 2. The zero-order valence-corrected chi connectivity index (χ0v) is 22.5. The van der Waals surface area contributed by atoms with Crippen LogP contribution in [0.2, 0.25) is 0 Å². The number of hydrogen-bond donors (Lipinski definition) is 1. The van der Waals surface area contributed by atoms with Crippen molar-refractivity contribution in [1.82, 2.24) is 14.5 Å². The molecule has 7 nitrogen and oxygen atoms in total. The number of benzene rings is 3. The summed E-state index contributed by atoms with van der Waals surface area (Å²) in [4.78, 5) is 28.3. The molecule has 1 N–H and O–H groups in total. The van der Waals surface area contributed by atoms with E-state index in [1.54, 1.807) is 25.1 Å². The van der Waals surface area contributed by atoms with Crippen molar-refractivity contribution in [3.63, 3.8) is 0 Å². The van der Waals surface area contributed by atoms with Crippen LogP contribution >= 0.6 is 0 Å². The summed E-state index contributed by atoms with van der Waals surface area (Å²) < 4.78 is 27.8. The molecule has 0 aliphatic heterocycles. The van der Waals surface area contributed by atoms with Gasteiger partial charge in [0.1, 0.15) is 6.04 Å². The summed E-state index contributed by atoms with van der Waals surface area (Å²) in [7, 11) is -2.52. The van der Waals surface area contributed by atoms with Crippen LogP contribution in [-0.4, -0.2) is 55.1 Å². The van der Waals surface area contributed by atoms with Crippen LogP contribution in [0.25, 0.3) is 10.8 Å². The Bertz CT molecular complexity index is 1380. The first-order valence-electron chi connectivity index (χ1n) is 12.8. The third kappa shape index (κ3) is 6.19. The molecule has 0 heterocycles. The second-order valence-electron chi connectivity index (χ2n) is 9.88. The normalized spacial score (nSPS) is 15.1. The third-order valence-corrected chi connectivity index (χ3v) is 9.06. The van der Waals surface area contributed by atoms with Gasteiger partial charge in [-0.25, -0.2) is 8.42 Å². The number of nitrogens with zero attached hydrogens (tertiary/aromatic N) is 2. The number of aryl methyl sites for hydroxylation is 1. The number of hydrogen-bond acceptors (Lipinski definition) is 4. The fourth-order valence-corrected chi connectivity index (χ4v) is 5.98. The summed E-state index contributed by atoms with van der Waals surface area (Å²) >= 11 is 0. The van der Waals surface area contributed by atoms with Crippen molar-refractivity contribution in [2.24, 2.45) is 0 Å². The molecule has 0 bridgehead atoms. The van der Waals surface area contributed by atoms with Crippen molar-refractivity contribution in [2.45, 2.75) is 63.1 Å². The number of carbonyl (C=O) groups is 2. The van der Waals surface area contributed by atoms with Gasteiger partial charge >= 0.3 is 0 Å². The summed E-state index contributed by atoms with van der Waals surface area (Å²) in [5.74, 6) is -0.641. The molecule has 1 fully saturated rings. The van der Waals surface area contributed by atoms with E-state index in [4.69, 9.17) is 0 Å². The Morgan fingerprint density at radius 3 is 2.32 bits per heavy atom. The van der Waals surface area contributed by atoms with E-state index in [1.807, 2.05) is 55.5 Å². The van der Waals surface area contributed by atoms with Crippen LogP contribution in [0.4, 0.5) is 0 Å². The standard InChI is InChI=1S/C29H35N3O4S/c1-21-10-4-5-13-25(21)19-32(22(2)29(34)30-26-14-8-9-15-26)28(33)20-31(3)37(35,36)27-17-16-23-11-6-7-12-24(23)18-27/h4-7,10-13,16-18,22,26H,8-9,14-15,19-20H2,1-3H3,(H,30,34). The molecule has 0 aromatic heterocycles. The highest BCUT2D eigenvalue weighted by molar-refractivity contribution is 7.89. The van der Waals surface area contributed by atoms with Crippen molar-refractivity contribution in [1.29, 1.82) is 0 Å². The van der Waals surface area contributed by atoms with Gasteiger partial charge in [-0.3, -0.25) is 9.59 Å². The minimum Gasteiger partial charge on any atom is -0.352 e. The lowest BCUT2D eigenvalue weighted by molar-refractivity contribution is -0.140. The molecule has 0 radical (unpaired) electrons. The molecule has 1 aliphatic rings. The SMILES string of the molecule is Cc1ccccc1CN(C(=O)CN(C)S(=O)(=O)c1ccc2ccccc2c1)C(C)C(=O)NC1CCCC1. The average molecular weight is 522 g/mol. The first-order valence-corrected chi connectivity index (χ1v) is 14.2. The first-order chi connectivity index (χ1) is 17.7. The Morgan fingerprint density at radius 1 is 0.973 bits per heavy atom. The number of carbonyl (C=O) groups excluding carboxylic acids is 2. The molecular weight excluding hydrogens is 486 g/mol. The van der Waals surface area contributed by atoms with E-state index in [-0.39, 0.29) is 29.9 Å². The van der Waals surface area contributed by atoms with Crippen LogP contribution in [0.5, 0.6) is 0 Å². The zero-order chi connectivity index (χ0) is 26.6. The van der Waals surface area contributed by atoms with Gasteiger partial charge in [0.25, 0.3) is 0 Å². The summed E-state index contributed by atoms with van der Waals surface area (Å²) in [6.07, 6.45) is 4.05. The predicted molar refractivity (Wildman–Crippen MR) is 145 cm³/mol. The van der Waals surface area contributed by atoms with Crippen molar-refractivity contribution in [2.75, 3.05) is 13.6 Å². The lowest BCUT2D eigenvalue weighted by Gasteiger charge is -2.31. The molecule has 4 rings (SSSR count). The van der Waals surface area contributed by atoms with Crippen LogP contribution < -0.4 is 5.32 Å². The topological polar surface area (TPSA) is 86.8 Å². The third-order valence-electron chi connectivity index (χ3n) is 7.26. The molecule has 196 valence electrons. The van der Waals surface area contributed by atoms with Crippen LogP contribution in [0.15, 0.2) is 71.6 Å². The van der Waals surface area contributed by atoms with Gasteiger partial charge in [0.2, 0.25) is 21.8 Å². The number of likely N-dealkylation sites (N-methyl/N-ethyl adjacent to an activating group) is 1. The fourth-order valence-electron chi connectivity index (χ4n) is 4.82. The smallest absolute Gasteiger partial charge is 0.243 e. The summed E-state index contributed by atoms with van der Waals surface area (Å²) in [6, 6.07) is 19.5. The quantitative estimate of drug-likeness (QED) is 0.456. The maximum absolute atomic E-state index is 13.6. The minimum absolute atomic E-state index is 0.124. The largest absolute Gasteiger partial charge is 0.352 e. The Kier molecular flexibility index (Phi) is 8.29. The molecule has 0 saturated heterocycles. The van der Waals surface area contributed by atoms with Crippen LogP contribution in [0.1, 0.15) is 43.7 Å². The maximum atomic E-state index is 13.6. The van der Waals surface area contributed by atoms with Gasteiger partial charge < -0.3 is 10.2 Å². The highest BCUT2D eigenvalue weighted by Gasteiger charge is 2.31. The molecule has 8 heteroatoms. The van der Waals surface area contributed by atoms with Gasteiger partial charge in [-0.15, -0.1) is 0 Å². The second kappa shape index (κ2) is 11.4. The monoisotopic (exact) mass is 521 g/mol. The molecule has 1 atom stereocenters. The van der Waals surface area contributed by atoms with Crippen LogP contribution in [0.3, 0.4) is 0 Å². The van der Waals surface area contributed by atoms with E-state index in [1.165, 1.54) is 11.9 Å². The minimum atomic E-state index is -3.92. The van der Waals surface area contributed by atoms with Crippen molar-refractivity contribution >= 4 is 32.6 Å². The van der Waals surface area contributed by atoms with E-state index in [0.29, 0.717) is 0 Å². The molecule has 1 saturated carbocycles. The zero-order valence-electron chi connectivity index (χ0n) is 21.7. The van der Waals surface area contributed by atoms with Gasteiger partial charge in [-0.1, -0.05) is 67.4 Å². The highest BCUT2D eigenvalue weighted by atomic mass is 32.2. The van der Waals surface area contributed by atoms with E-state index in [0.717, 1.165) is 51.9 Å². The summed E-state index contributed by atoms with van der Waals surface area (Å²) in [5, 5.41) is 4.82. The lowest BCUT2D eigenvalue weighted by atomic mass is 10.1. The fraction of sp³-hybridized carbons (Fsp3) is 0.379. The number of rotatable bonds is 9. The van der Waals surface area contributed by atoms with Crippen LogP contribution in [0, 0.1) is 6.92 Å². The summed E-state index contributed by atoms with van der Waals surface area (Å²) in [5.41, 5.74) is 1.91. The maximum Gasteiger partial charge on any atom is 0.243 e. The van der Waals surface area contributed by atoms with E-state index >= 15 is 0 Å². The highest BCUT2D eigenvalue weighted by Crippen LogP contribution is 2.22. The van der Waals surface area contributed by atoms with Crippen molar-refractivity contribution in [3.05, 3.63) is 77.9 Å². The Morgan fingerprint density at radius 2 is 1.62 bits per heavy atom. The number of sulfonamides is 1. The van der Waals surface area contributed by atoms with Gasteiger partial charge in [0.05, 0.1) is 11.4 Å². The summed E-state index contributed by atoms with van der Waals surface area (Å²) in [6.45, 7) is 3.51. The lowest BCUT2D eigenvalue weighted by Crippen LogP contribution is -2.52. The molecule has 37 heavy (non-hydrogen) atoms. The number of nitrogens with one attached hydrogen (secondary N) is 1. The second-order valence-corrected chi connectivity index (χ2v) is 11.9. The van der Waals surface area contributed by atoms with E-state index in [2.05, 4.69) is 5.32 Å². The van der Waals surface area contributed by atoms with E-state index in [9.17, 15) is 18.0 Å². The van der Waals surface area contributed by atoms with Crippen molar-refractivity contribution in [3.8, 4) is 0 Å². The van der Waals surface area contributed by atoms with Crippen molar-refractivity contribution < 1.29 is 18.0 Å². The molecule has 0 spiro atoms. The molecule has 3 aromatic rings. The number of fused-ring (bicyclic) bond motifs is 1. The molecule has 1 aliphatic carbocycles. The van der Waals surface area contributed by atoms with Gasteiger partial charge in [0, 0.05) is 19.6 Å². The van der Waals surface area contributed by atoms with Gasteiger partial charge in [0.15, 0.2) is 0 Å². The van der Waals surface area contributed by atoms with E-state index < -0.39 is 22.0 Å². The average Bonchev–Trinajstić information content (AvgIpc) is 3.40. The Hall–Kier alpha value is -3.23. The molecule has 3 aromatic carbocycles. The van der Waals surface area contributed by atoms with Gasteiger partial charge in [-0.2, -0.15) is 4.31 Å².